The van der Waals surface area contributed by atoms with Crippen LogP contribution in [0.15, 0.2) is 30.3 Å². The molecule has 4 rings (SSSR count). The van der Waals surface area contributed by atoms with E-state index in [4.69, 9.17) is 0 Å². The Morgan fingerprint density at radius 1 is 1.07 bits per heavy atom. The van der Waals surface area contributed by atoms with Gasteiger partial charge in [0.25, 0.3) is 0 Å². The molecule has 1 aliphatic carbocycles. The van der Waals surface area contributed by atoms with Crippen molar-refractivity contribution in [1.82, 2.24) is 15.1 Å². The number of nitrogens with one attached hydrogen (secondary N) is 1. The molecule has 2 saturated heterocycles. The van der Waals surface area contributed by atoms with E-state index in [1.54, 1.807) is 0 Å². The second kappa shape index (κ2) is 8.86. The summed E-state index contributed by atoms with van der Waals surface area (Å²) in [5.41, 5.74) is 1.58. The Balaban J connectivity index is 1.45. The lowest BCUT2D eigenvalue weighted by Gasteiger charge is -2.34. The minimum Gasteiger partial charge on any atom is -0.347 e. The van der Waals surface area contributed by atoms with Crippen molar-refractivity contribution in [2.24, 2.45) is 11.3 Å². The number of carbonyl (C=O) groups excluding carboxylic acids is 2. The number of rotatable bonds is 6. The summed E-state index contributed by atoms with van der Waals surface area (Å²) in [5.74, 6) is 0.479. The minimum absolute atomic E-state index is 0.0675. The lowest BCUT2D eigenvalue weighted by atomic mass is 9.76. The highest BCUT2D eigenvalue weighted by atomic mass is 16.2. The van der Waals surface area contributed by atoms with Gasteiger partial charge in [-0.05, 0) is 37.2 Å². The molecule has 1 saturated carbocycles. The van der Waals surface area contributed by atoms with Gasteiger partial charge in [-0.15, -0.1) is 0 Å². The molecule has 5 heteroatoms. The number of fused-ring (bicyclic) bond motifs is 1. The molecule has 0 aromatic heterocycles. The molecule has 29 heavy (non-hydrogen) atoms. The molecule has 3 aliphatic rings. The quantitative estimate of drug-likeness (QED) is 0.803. The van der Waals surface area contributed by atoms with Crippen LogP contribution in [0.1, 0.15) is 51.0 Å². The van der Waals surface area contributed by atoms with Crippen molar-refractivity contribution in [1.29, 1.82) is 0 Å². The van der Waals surface area contributed by atoms with Gasteiger partial charge in [0.15, 0.2) is 0 Å². The van der Waals surface area contributed by atoms with E-state index in [-0.39, 0.29) is 23.8 Å². The van der Waals surface area contributed by atoms with E-state index in [0.717, 1.165) is 45.1 Å². The Bertz CT molecular complexity index is 716. The number of hydrogen-bond acceptors (Lipinski definition) is 3. The predicted molar refractivity (Wildman–Crippen MR) is 114 cm³/mol. The molecule has 0 spiro atoms. The predicted octanol–water partition coefficient (Wildman–Crippen LogP) is 2.85. The maximum absolute atomic E-state index is 12.7. The molecule has 2 amide bonds. The number of aryl methyl sites for hydroxylation is 1. The fraction of sp³-hybridized carbons (Fsp3) is 0.667. The smallest absolute Gasteiger partial charge is 0.241 e. The van der Waals surface area contributed by atoms with Crippen molar-refractivity contribution in [3.8, 4) is 0 Å². The largest absolute Gasteiger partial charge is 0.347 e. The zero-order chi connectivity index (χ0) is 20.3. The van der Waals surface area contributed by atoms with Crippen LogP contribution in [0.4, 0.5) is 0 Å². The van der Waals surface area contributed by atoms with E-state index >= 15 is 0 Å². The topological polar surface area (TPSA) is 52.7 Å². The maximum Gasteiger partial charge on any atom is 0.241 e. The van der Waals surface area contributed by atoms with Gasteiger partial charge in [-0.2, -0.15) is 0 Å². The molecule has 2 aliphatic heterocycles. The number of nitrogens with zero attached hydrogens (tertiary/aromatic N) is 2. The third-order valence-electron chi connectivity index (χ3n) is 7.47. The monoisotopic (exact) mass is 397 g/mol. The van der Waals surface area contributed by atoms with Gasteiger partial charge in [-0.1, -0.05) is 49.6 Å². The van der Waals surface area contributed by atoms with Gasteiger partial charge < -0.3 is 10.2 Å². The molecule has 0 bridgehead atoms. The molecule has 2 heterocycles. The average molecular weight is 398 g/mol. The van der Waals surface area contributed by atoms with Crippen LogP contribution in [-0.2, 0) is 16.0 Å². The highest BCUT2D eigenvalue weighted by Crippen LogP contribution is 2.47. The molecule has 1 aromatic rings. The lowest BCUT2D eigenvalue weighted by molar-refractivity contribution is -0.132. The van der Waals surface area contributed by atoms with Crippen LogP contribution in [-0.4, -0.2) is 60.4 Å². The van der Waals surface area contributed by atoms with Crippen molar-refractivity contribution in [2.45, 2.75) is 57.9 Å². The van der Waals surface area contributed by atoms with E-state index < -0.39 is 0 Å². The van der Waals surface area contributed by atoms with Gasteiger partial charge in [0.1, 0.15) is 0 Å². The highest BCUT2D eigenvalue weighted by Gasteiger charge is 2.53. The van der Waals surface area contributed by atoms with E-state index in [0.29, 0.717) is 5.92 Å². The molecule has 158 valence electrons. The van der Waals surface area contributed by atoms with Gasteiger partial charge in [0.2, 0.25) is 11.8 Å². The highest BCUT2D eigenvalue weighted by molar-refractivity contribution is 5.84. The summed E-state index contributed by atoms with van der Waals surface area (Å²) in [6, 6.07) is 11.5. The molecule has 2 atom stereocenters. The zero-order valence-corrected chi connectivity index (χ0v) is 17.7. The normalized spacial score (nSPS) is 27.8. The first-order chi connectivity index (χ1) is 14.1. The molecule has 1 N–H and O–H groups in total. The molecule has 3 fully saturated rings. The fourth-order valence-corrected chi connectivity index (χ4v) is 5.84. The molecule has 5 nitrogen and oxygen atoms in total. The Labute approximate surface area is 174 Å². The number of hydrogen-bond donors (Lipinski definition) is 1. The van der Waals surface area contributed by atoms with Crippen LogP contribution < -0.4 is 5.32 Å². The van der Waals surface area contributed by atoms with Crippen molar-refractivity contribution in [3.05, 3.63) is 35.9 Å². The van der Waals surface area contributed by atoms with E-state index in [2.05, 4.69) is 40.5 Å². The third kappa shape index (κ3) is 4.66. The number of likely N-dealkylation sites (tertiary alicyclic amines) is 2. The maximum atomic E-state index is 12.7. The molecular weight excluding hydrogens is 362 g/mol. The fourth-order valence-electron chi connectivity index (χ4n) is 5.84. The van der Waals surface area contributed by atoms with Crippen molar-refractivity contribution < 1.29 is 9.59 Å². The van der Waals surface area contributed by atoms with E-state index in [1.807, 2.05) is 4.90 Å². The van der Waals surface area contributed by atoms with Gasteiger partial charge >= 0.3 is 0 Å². The van der Waals surface area contributed by atoms with Crippen molar-refractivity contribution in [2.75, 3.05) is 32.7 Å². The first kappa shape index (κ1) is 20.4. The van der Waals surface area contributed by atoms with Crippen molar-refractivity contribution in [3.63, 3.8) is 0 Å². The van der Waals surface area contributed by atoms with Gasteiger partial charge in [0.05, 0.1) is 6.54 Å². The molecule has 1 aromatic carbocycles. The summed E-state index contributed by atoms with van der Waals surface area (Å²) >= 11 is 0. The molecule has 2 unspecified atom stereocenters. The number of benzene rings is 1. The summed E-state index contributed by atoms with van der Waals surface area (Å²) in [7, 11) is 0. The minimum atomic E-state index is -0.139. The Kier molecular flexibility index (Phi) is 6.23. The van der Waals surface area contributed by atoms with Crippen LogP contribution >= 0.6 is 0 Å². The zero-order valence-electron chi connectivity index (χ0n) is 17.7. The van der Waals surface area contributed by atoms with Crippen LogP contribution in [0.25, 0.3) is 0 Å². The van der Waals surface area contributed by atoms with Crippen LogP contribution in [0.3, 0.4) is 0 Å². The summed E-state index contributed by atoms with van der Waals surface area (Å²) < 4.78 is 0. The van der Waals surface area contributed by atoms with Gasteiger partial charge in [-0.3, -0.25) is 14.5 Å². The van der Waals surface area contributed by atoms with E-state index in [1.165, 1.54) is 44.6 Å². The molecular formula is C24H35N3O2. The third-order valence-corrected chi connectivity index (χ3v) is 7.47. The molecule has 0 radical (unpaired) electrons. The number of amides is 2. The second-order valence-corrected chi connectivity index (χ2v) is 9.45. The number of carbonyl (C=O) groups is 2. The standard InChI is InChI=1S/C24H35N3O2/c1-19(28)25-14-23(29)27-16-21-15-26(22-10-6-3-7-11-22)17-24(21,18-27)13-12-20-8-4-2-5-9-20/h2,4-5,8-9,21-22H,3,6-7,10-18H2,1H3,(H,25,28). The summed E-state index contributed by atoms with van der Waals surface area (Å²) in [6.45, 7) is 5.53. The first-order valence-electron chi connectivity index (χ1n) is 11.4. The lowest BCUT2D eigenvalue weighted by Crippen LogP contribution is -2.43. The van der Waals surface area contributed by atoms with Crippen LogP contribution in [0.5, 0.6) is 0 Å². The Hall–Kier alpha value is -1.88. The van der Waals surface area contributed by atoms with E-state index in [9.17, 15) is 9.59 Å². The summed E-state index contributed by atoms with van der Waals surface area (Å²) in [4.78, 5) is 28.7. The van der Waals surface area contributed by atoms with Crippen LogP contribution in [0, 0.1) is 11.3 Å². The van der Waals surface area contributed by atoms with Crippen LogP contribution in [0.2, 0.25) is 0 Å². The van der Waals surface area contributed by atoms with Crippen molar-refractivity contribution >= 4 is 11.8 Å². The Morgan fingerprint density at radius 3 is 2.55 bits per heavy atom. The summed E-state index contributed by atoms with van der Waals surface area (Å²) in [6.07, 6.45) is 9.00. The van der Waals surface area contributed by atoms with Gasteiger partial charge in [-0.25, -0.2) is 0 Å². The summed E-state index contributed by atoms with van der Waals surface area (Å²) in [5, 5.41) is 2.68. The average Bonchev–Trinajstić information content (AvgIpc) is 3.26. The van der Waals surface area contributed by atoms with Gasteiger partial charge in [0, 0.05) is 44.6 Å². The first-order valence-corrected chi connectivity index (χ1v) is 11.4. The second-order valence-electron chi connectivity index (χ2n) is 9.45. The SMILES string of the molecule is CC(=O)NCC(=O)N1CC2CN(C3CCCCC3)CC2(CCc2ccccc2)C1. The Morgan fingerprint density at radius 2 is 1.83 bits per heavy atom.